The lowest BCUT2D eigenvalue weighted by Gasteiger charge is -2.36. The Labute approximate surface area is 106 Å². The summed E-state index contributed by atoms with van der Waals surface area (Å²) in [5, 5.41) is 9.22. The molecule has 0 heterocycles. The van der Waals surface area contributed by atoms with Crippen LogP contribution in [0.2, 0.25) is 0 Å². The van der Waals surface area contributed by atoms with Gasteiger partial charge in [-0.3, -0.25) is 9.69 Å². The van der Waals surface area contributed by atoms with Gasteiger partial charge >= 0.3 is 5.97 Å². The quantitative estimate of drug-likeness (QED) is 0.711. The maximum absolute atomic E-state index is 11.2. The fraction of sp³-hybridized carbons (Fsp3) is 0.929. The Hall–Kier alpha value is -0.570. The van der Waals surface area contributed by atoms with E-state index in [0.29, 0.717) is 18.5 Å². The summed E-state index contributed by atoms with van der Waals surface area (Å²) in [4.78, 5) is 13.6. The van der Waals surface area contributed by atoms with Crippen molar-refractivity contribution in [2.45, 2.75) is 60.4 Å². The highest BCUT2D eigenvalue weighted by Crippen LogP contribution is 2.21. The van der Waals surface area contributed by atoms with E-state index in [9.17, 15) is 9.90 Å². The fourth-order valence-electron chi connectivity index (χ4n) is 2.19. The molecule has 0 rings (SSSR count). The SMILES string of the molecule is CCC(CC)N(CC(C)C)CC(C)(C)C(=O)O. The fourth-order valence-corrected chi connectivity index (χ4v) is 2.19. The first-order valence-corrected chi connectivity index (χ1v) is 6.72. The van der Waals surface area contributed by atoms with Gasteiger partial charge in [0.05, 0.1) is 5.41 Å². The molecule has 3 heteroatoms. The number of carboxylic acids is 1. The van der Waals surface area contributed by atoms with Crippen molar-refractivity contribution in [1.29, 1.82) is 0 Å². The number of carboxylic acid groups (broad SMARTS) is 1. The normalized spacial score (nSPS) is 12.8. The van der Waals surface area contributed by atoms with E-state index in [1.807, 2.05) is 13.8 Å². The van der Waals surface area contributed by atoms with Crippen LogP contribution in [0.25, 0.3) is 0 Å². The number of carbonyl (C=O) groups is 1. The van der Waals surface area contributed by atoms with Gasteiger partial charge in [0.25, 0.3) is 0 Å². The Kier molecular flexibility index (Phi) is 6.76. The molecular weight excluding hydrogens is 214 g/mol. The molecule has 0 spiro atoms. The van der Waals surface area contributed by atoms with E-state index in [0.717, 1.165) is 19.4 Å². The Balaban J connectivity index is 4.75. The highest BCUT2D eigenvalue weighted by atomic mass is 16.4. The Morgan fingerprint density at radius 2 is 1.71 bits per heavy atom. The lowest BCUT2D eigenvalue weighted by atomic mass is 9.91. The zero-order valence-corrected chi connectivity index (χ0v) is 12.3. The summed E-state index contributed by atoms with van der Waals surface area (Å²) in [5.41, 5.74) is -0.669. The predicted octanol–water partition coefficient (Wildman–Crippen LogP) is 3.24. The molecule has 0 atom stereocenters. The summed E-state index contributed by atoms with van der Waals surface area (Å²) < 4.78 is 0. The van der Waals surface area contributed by atoms with Crippen molar-refractivity contribution in [2.24, 2.45) is 11.3 Å². The molecule has 0 amide bonds. The van der Waals surface area contributed by atoms with Gasteiger partial charge in [0.15, 0.2) is 0 Å². The first-order chi connectivity index (χ1) is 7.74. The number of hydrogen-bond acceptors (Lipinski definition) is 2. The predicted molar refractivity (Wildman–Crippen MR) is 72.2 cm³/mol. The first kappa shape index (κ1) is 16.4. The largest absolute Gasteiger partial charge is 0.481 e. The lowest BCUT2D eigenvalue weighted by molar-refractivity contribution is -0.148. The average Bonchev–Trinajstić information content (AvgIpc) is 2.17. The van der Waals surface area contributed by atoms with E-state index < -0.39 is 11.4 Å². The second-order valence-electron chi connectivity index (χ2n) is 5.98. The molecule has 0 aliphatic heterocycles. The minimum Gasteiger partial charge on any atom is -0.481 e. The molecule has 0 saturated carbocycles. The van der Waals surface area contributed by atoms with Gasteiger partial charge < -0.3 is 5.11 Å². The highest BCUT2D eigenvalue weighted by Gasteiger charge is 2.31. The van der Waals surface area contributed by atoms with Crippen molar-refractivity contribution in [3.63, 3.8) is 0 Å². The van der Waals surface area contributed by atoms with E-state index in [2.05, 4.69) is 32.6 Å². The average molecular weight is 243 g/mol. The second kappa shape index (κ2) is 7.00. The van der Waals surface area contributed by atoms with Crippen LogP contribution < -0.4 is 0 Å². The third-order valence-electron chi connectivity index (χ3n) is 3.24. The van der Waals surface area contributed by atoms with Crippen molar-refractivity contribution in [3.8, 4) is 0 Å². The Bertz CT molecular complexity index is 232. The summed E-state index contributed by atoms with van der Waals surface area (Å²) in [6.07, 6.45) is 2.16. The zero-order chi connectivity index (χ0) is 13.6. The molecule has 0 bridgehead atoms. The van der Waals surface area contributed by atoms with Gasteiger partial charge in [0.2, 0.25) is 0 Å². The van der Waals surface area contributed by atoms with Crippen LogP contribution in [-0.4, -0.2) is 35.1 Å². The van der Waals surface area contributed by atoms with E-state index >= 15 is 0 Å². The Morgan fingerprint density at radius 1 is 1.24 bits per heavy atom. The summed E-state index contributed by atoms with van der Waals surface area (Å²) in [6, 6.07) is 0.496. The summed E-state index contributed by atoms with van der Waals surface area (Å²) >= 11 is 0. The van der Waals surface area contributed by atoms with Gasteiger partial charge in [-0.1, -0.05) is 27.7 Å². The lowest BCUT2D eigenvalue weighted by Crippen LogP contribution is -2.45. The van der Waals surface area contributed by atoms with Crippen LogP contribution in [0.5, 0.6) is 0 Å². The molecule has 0 aromatic carbocycles. The molecule has 0 aliphatic carbocycles. The molecule has 0 aromatic heterocycles. The summed E-state index contributed by atoms with van der Waals surface area (Å²) in [5.74, 6) is -0.141. The third-order valence-corrected chi connectivity index (χ3v) is 3.24. The number of nitrogens with zero attached hydrogens (tertiary/aromatic N) is 1. The number of aliphatic carboxylic acids is 1. The van der Waals surface area contributed by atoms with Crippen LogP contribution in [0.15, 0.2) is 0 Å². The molecule has 0 aliphatic rings. The van der Waals surface area contributed by atoms with Crippen LogP contribution in [0.3, 0.4) is 0 Å². The molecule has 0 saturated heterocycles. The summed E-state index contributed by atoms with van der Waals surface area (Å²) in [6.45, 7) is 13.9. The van der Waals surface area contributed by atoms with Gasteiger partial charge in [-0.05, 0) is 32.6 Å². The number of hydrogen-bond donors (Lipinski definition) is 1. The highest BCUT2D eigenvalue weighted by molar-refractivity contribution is 5.73. The standard InChI is InChI=1S/C14H29NO2/c1-7-12(8-2)15(9-11(3)4)10-14(5,6)13(16)17/h11-12H,7-10H2,1-6H3,(H,16,17). The summed E-state index contributed by atoms with van der Waals surface area (Å²) in [7, 11) is 0. The van der Waals surface area contributed by atoms with Crippen molar-refractivity contribution >= 4 is 5.97 Å². The van der Waals surface area contributed by atoms with Crippen molar-refractivity contribution in [2.75, 3.05) is 13.1 Å². The second-order valence-corrected chi connectivity index (χ2v) is 5.98. The van der Waals surface area contributed by atoms with Gasteiger partial charge in [0.1, 0.15) is 0 Å². The maximum Gasteiger partial charge on any atom is 0.310 e. The van der Waals surface area contributed by atoms with Crippen LogP contribution in [-0.2, 0) is 4.79 Å². The minimum atomic E-state index is -0.711. The van der Waals surface area contributed by atoms with Crippen molar-refractivity contribution in [3.05, 3.63) is 0 Å². The van der Waals surface area contributed by atoms with Crippen LogP contribution in [0, 0.1) is 11.3 Å². The van der Waals surface area contributed by atoms with Crippen LogP contribution in [0.4, 0.5) is 0 Å². The minimum absolute atomic E-state index is 0.496. The maximum atomic E-state index is 11.2. The number of rotatable bonds is 8. The monoisotopic (exact) mass is 243 g/mol. The molecule has 0 radical (unpaired) electrons. The van der Waals surface area contributed by atoms with E-state index in [-0.39, 0.29) is 0 Å². The van der Waals surface area contributed by atoms with E-state index in [1.165, 1.54) is 0 Å². The van der Waals surface area contributed by atoms with Crippen molar-refractivity contribution in [1.82, 2.24) is 4.90 Å². The topological polar surface area (TPSA) is 40.5 Å². The van der Waals surface area contributed by atoms with Crippen LogP contribution >= 0.6 is 0 Å². The molecule has 3 nitrogen and oxygen atoms in total. The molecule has 0 aromatic rings. The van der Waals surface area contributed by atoms with E-state index in [1.54, 1.807) is 0 Å². The first-order valence-electron chi connectivity index (χ1n) is 6.72. The smallest absolute Gasteiger partial charge is 0.310 e. The molecule has 102 valence electrons. The van der Waals surface area contributed by atoms with Gasteiger partial charge in [-0.15, -0.1) is 0 Å². The van der Waals surface area contributed by atoms with E-state index in [4.69, 9.17) is 0 Å². The molecule has 1 N–H and O–H groups in total. The molecule has 17 heavy (non-hydrogen) atoms. The van der Waals surface area contributed by atoms with Gasteiger partial charge in [-0.25, -0.2) is 0 Å². The van der Waals surface area contributed by atoms with Gasteiger partial charge in [-0.2, -0.15) is 0 Å². The van der Waals surface area contributed by atoms with Crippen LogP contribution in [0.1, 0.15) is 54.4 Å². The van der Waals surface area contributed by atoms with Gasteiger partial charge in [0, 0.05) is 19.1 Å². The zero-order valence-electron chi connectivity index (χ0n) is 12.3. The molecular formula is C14H29NO2. The Morgan fingerprint density at radius 3 is 2.00 bits per heavy atom. The molecule has 0 unspecified atom stereocenters. The molecule has 0 fully saturated rings. The van der Waals surface area contributed by atoms with Crippen molar-refractivity contribution < 1.29 is 9.90 Å². The third kappa shape index (κ3) is 5.53.